The summed E-state index contributed by atoms with van der Waals surface area (Å²) in [6.07, 6.45) is 0. The first kappa shape index (κ1) is 62.1. The minimum Gasteiger partial charge on any atom is -0.459 e. The maximum Gasteiger partial charge on any atom is 0.367 e. The number of thiophene rings is 2. The van der Waals surface area contributed by atoms with Gasteiger partial charge in [-0.3, -0.25) is 9.59 Å². The van der Waals surface area contributed by atoms with Crippen molar-refractivity contribution in [3.8, 4) is 56.7 Å². The monoisotopic (exact) mass is 1320 g/mol. The zero-order valence-electron chi connectivity index (χ0n) is 48.9. The summed E-state index contributed by atoms with van der Waals surface area (Å²) >= 11 is 1.35. The number of hydrogen-bond acceptors (Lipinski definition) is 20. The van der Waals surface area contributed by atoms with Crippen LogP contribution < -0.4 is 9.47 Å². The Hall–Kier alpha value is -12.7. The number of benzene rings is 7. The van der Waals surface area contributed by atoms with Crippen LogP contribution in [-0.4, -0.2) is 46.9 Å². The molecular formula is C72H36F4N6O12S2. The van der Waals surface area contributed by atoms with E-state index in [1.165, 1.54) is 12.1 Å². The molecule has 24 heteroatoms. The van der Waals surface area contributed by atoms with Gasteiger partial charge >= 0.3 is 35.1 Å². The van der Waals surface area contributed by atoms with Crippen molar-refractivity contribution in [2.45, 2.75) is 37.6 Å². The number of nitrogens with zero attached hydrogens (tertiary/aromatic N) is 6. The Labute approximate surface area is 547 Å². The van der Waals surface area contributed by atoms with Crippen molar-refractivity contribution in [1.82, 2.24) is 0 Å². The Morgan fingerprint density at radius 2 is 0.688 bits per heavy atom. The summed E-state index contributed by atoms with van der Waals surface area (Å²) in [5, 5.41) is 40.2. The van der Waals surface area contributed by atoms with Gasteiger partial charge in [0, 0.05) is 65.4 Å². The molecule has 2 aliphatic heterocycles. The quantitative estimate of drug-likeness (QED) is 0.0321. The SMILES string of the molecule is N#CC(C#N)=C1/C(=N/c2cc3c(s2)-c2cc4c(cc2OC3(C(=O)OCc2ccccc2)C(=O)OCc2ccccc2)-c2sc(/N=C3\C(=O)c5cc(F)c(F)cc5C3=C(C#N)C#N)cc2C(C(=O)OCc2ccccc2)(C(=O)OCc2ccccc2)O4)C(=O)c2cc(F)c(F)cc21. The highest BCUT2D eigenvalue weighted by atomic mass is 32.1. The third kappa shape index (κ3) is 10.7. The fourth-order valence-electron chi connectivity index (χ4n) is 11.2. The largest absolute Gasteiger partial charge is 0.459 e. The van der Waals surface area contributed by atoms with Crippen molar-refractivity contribution in [1.29, 1.82) is 21.0 Å². The van der Waals surface area contributed by atoms with Crippen LogP contribution in [0.25, 0.3) is 32.0 Å². The predicted octanol–water partition coefficient (Wildman–Crippen LogP) is 13.4. The van der Waals surface area contributed by atoms with E-state index in [-0.39, 0.29) is 64.6 Å². The molecule has 18 nitrogen and oxygen atoms in total. The molecule has 0 amide bonds. The van der Waals surface area contributed by atoms with Crippen LogP contribution in [0.5, 0.6) is 11.5 Å². The molecule has 0 N–H and O–H groups in total. The molecule has 7 aromatic carbocycles. The van der Waals surface area contributed by atoms with Gasteiger partial charge in [0.15, 0.2) is 23.3 Å². The second-order valence-corrected chi connectivity index (χ2v) is 23.5. The van der Waals surface area contributed by atoms with Gasteiger partial charge in [0.05, 0.1) is 0 Å². The fourth-order valence-corrected chi connectivity index (χ4v) is 13.4. The number of ether oxygens (including phenoxy) is 6. The first-order valence-corrected chi connectivity index (χ1v) is 30.2. The zero-order chi connectivity index (χ0) is 67.2. The lowest BCUT2D eigenvalue weighted by molar-refractivity contribution is -0.185. The van der Waals surface area contributed by atoms with Crippen LogP contribution in [0.4, 0.5) is 27.6 Å². The van der Waals surface area contributed by atoms with Crippen molar-refractivity contribution in [2.75, 3.05) is 0 Å². The van der Waals surface area contributed by atoms with Gasteiger partial charge in [0.1, 0.15) is 94.8 Å². The van der Waals surface area contributed by atoms with Crippen molar-refractivity contribution < 1.29 is 74.8 Å². The Morgan fingerprint density at radius 3 is 0.969 bits per heavy atom. The van der Waals surface area contributed by atoms with Crippen molar-refractivity contribution >= 4 is 90.7 Å². The maximum atomic E-state index is 15.5. The van der Waals surface area contributed by atoms with E-state index in [9.17, 15) is 39.4 Å². The van der Waals surface area contributed by atoms with Crippen LogP contribution >= 0.6 is 22.7 Å². The normalized spacial score (nSPS) is 14.7. The molecule has 0 bridgehead atoms. The zero-order valence-corrected chi connectivity index (χ0v) is 50.5. The summed E-state index contributed by atoms with van der Waals surface area (Å²) in [7, 11) is 0. The van der Waals surface area contributed by atoms with Crippen LogP contribution in [-0.2, 0) is 75.8 Å². The maximum absolute atomic E-state index is 15.5. The predicted molar refractivity (Wildman–Crippen MR) is 334 cm³/mol. The van der Waals surface area contributed by atoms with Gasteiger partial charge < -0.3 is 28.4 Å². The van der Waals surface area contributed by atoms with E-state index in [1.807, 2.05) is 0 Å². The topological polar surface area (TPSA) is 278 Å². The van der Waals surface area contributed by atoms with Crippen LogP contribution in [0.15, 0.2) is 191 Å². The van der Waals surface area contributed by atoms with Gasteiger partial charge in [0.2, 0.25) is 11.6 Å². The molecule has 0 saturated carbocycles. The number of ketones is 2. The third-order valence-corrected chi connectivity index (χ3v) is 17.9. The molecular weight excluding hydrogens is 1280 g/mol. The number of carbonyl (C=O) groups is 6. The number of halogens is 4. The summed E-state index contributed by atoms with van der Waals surface area (Å²) in [4.78, 5) is 99.8. The number of esters is 4. The van der Waals surface area contributed by atoms with Crippen molar-refractivity contribution in [3.63, 3.8) is 0 Å². The van der Waals surface area contributed by atoms with Gasteiger partial charge in [-0.05, 0) is 70.8 Å². The number of Topliss-reactive ketones (excluding diaryl/α,β-unsaturated/α-hetero) is 2. The van der Waals surface area contributed by atoms with E-state index in [0.717, 1.165) is 12.1 Å². The van der Waals surface area contributed by atoms with Crippen LogP contribution in [0, 0.1) is 68.6 Å². The average Bonchev–Trinajstić information content (AvgIpc) is 1.33. The number of hydrogen-bond donors (Lipinski definition) is 0. The molecule has 0 saturated heterocycles. The Balaban J connectivity index is 1.06. The van der Waals surface area contributed by atoms with E-state index < -0.39 is 141 Å². The van der Waals surface area contributed by atoms with Crippen LogP contribution in [0.3, 0.4) is 0 Å². The summed E-state index contributed by atoms with van der Waals surface area (Å²) < 4.78 is 97.4. The number of carbonyl (C=O) groups excluding carboxylic acids is 6. The molecule has 13 rings (SSSR count). The summed E-state index contributed by atoms with van der Waals surface area (Å²) in [6.45, 7) is -1.83. The van der Waals surface area contributed by atoms with E-state index >= 15 is 28.0 Å². The molecule has 0 atom stereocenters. The molecule has 2 aromatic heterocycles. The number of fused-ring (bicyclic) bond motifs is 8. The highest BCUT2D eigenvalue weighted by Crippen LogP contribution is 2.59. The van der Waals surface area contributed by atoms with E-state index in [2.05, 4.69) is 9.98 Å². The van der Waals surface area contributed by atoms with Gasteiger partial charge in [-0.15, -0.1) is 22.7 Å². The average molecular weight is 1320 g/mol. The van der Waals surface area contributed by atoms with Crippen molar-refractivity contribution in [3.05, 3.63) is 260 Å². The van der Waals surface area contributed by atoms with Crippen molar-refractivity contribution in [2.24, 2.45) is 9.98 Å². The van der Waals surface area contributed by atoms with E-state index in [0.29, 0.717) is 69.2 Å². The van der Waals surface area contributed by atoms with E-state index in [1.54, 1.807) is 146 Å². The molecule has 0 fully saturated rings. The second-order valence-electron chi connectivity index (χ2n) is 21.5. The van der Waals surface area contributed by atoms with Crippen LogP contribution in [0.2, 0.25) is 0 Å². The molecule has 9 aromatic rings. The summed E-state index contributed by atoms with van der Waals surface area (Å²) in [6, 6.07) is 47.2. The van der Waals surface area contributed by atoms with Gasteiger partial charge in [0.25, 0.3) is 0 Å². The Kier molecular flexibility index (Phi) is 16.2. The molecule has 0 unspecified atom stereocenters. The lowest BCUT2D eigenvalue weighted by atomic mass is 9.85. The van der Waals surface area contributed by atoms with E-state index in [4.69, 9.17) is 28.4 Å². The Bertz CT molecular complexity index is 4730. The summed E-state index contributed by atoms with van der Waals surface area (Å²) in [5.74, 6) is -14.0. The Morgan fingerprint density at radius 1 is 0.406 bits per heavy atom. The smallest absolute Gasteiger partial charge is 0.367 e. The highest BCUT2D eigenvalue weighted by molar-refractivity contribution is 7.20. The highest BCUT2D eigenvalue weighted by Gasteiger charge is 2.61. The lowest BCUT2D eigenvalue weighted by Crippen LogP contribution is -2.52. The first-order valence-electron chi connectivity index (χ1n) is 28.5. The minimum atomic E-state index is -3.01. The number of nitriles is 4. The molecule has 2 aliphatic carbocycles. The molecule has 0 spiro atoms. The van der Waals surface area contributed by atoms with Crippen LogP contribution in [0.1, 0.15) is 65.2 Å². The lowest BCUT2D eigenvalue weighted by Gasteiger charge is -2.37. The number of allylic oxidation sites excluding steroid dienone is 4. The third-order valence-electron chi connectivity index (χ3n) is 15.7. The van der Waals surface area contributed by atoms with Gasteiger partial charge in [-0.1, -0.05) is 121 Å². The number of rotatable bonds is 14. The molecule has 466 valence electrons. The second kappa shape index (κ2) is 25.0. The molecule has 4 heterocycles. The fraction of sp³-hybridized carbons (Fsp3) is 0.0833. The standard InChI is InChI=1S/C72H36F4N6O12S2/c73-51-21-43-45(23-53(51)75)63(83)61(59(43)41(29-77)30-78)81-57-27-49-65(95-57)47-26-56-48(25-55(47)93-71(49,67(85)89-33-37-13-5-1-6-14-37)68(86)90-34-38-15-7-2-8-16-38)66-50(28-58(96-66)82-62-60(42(31-79)32-80)44-22-52(74)54(76)24-46(44)64(62)84)72(94-56,69(87)91-35-39-17-9-3-10-18-39)70(88)92-36-40-19-11-4-12-20-40/h1-28H,33-36H2/b81-61-,82-62-. The minimum absolute atomic E-state index is 0.0769. The molecule has 4 aliphatic rings. The molecule has 0 radical (unpaired) electrons. The number of aliphatic imine (C=N–C) groups is 2. The molecule has 96 heavy (non-hydrogen) atoms. The van der Waals surface area contributed by atoms with Gasteiger partial charge in [-0.25, -0.2) is 46.7 Å². The first-order chi connectivity index (χ1) is 46.5. The van der Waals surface area contributed by atoms with Gasteiger partial charge in [-0.2, -0.15) is 21.0 Å². The summed E-state index contributed by atoms with van der Waals surface area (Å²) in [5.41, 5.74) is -10.4.